The van der Waals surface area contributed by atoms with Crippen LogP contribution in [0, 0.1) is 17.0 Å². The van der Waals surface area contributed by atoms with Crippen LogP contribution in [-0.2, 0) is 0 Å². The van der Waals surface area contributed by atoms with Crippen LogP contribution in [0.15, 0.2) is 30.6 Å². The van der Waals surface area contributed by atoms with E-state index >= 15 is 0 Å². The minimum Gasteiger partial charge on any atom is -0.320 e. The molecule has 2 rings (SSSR count). The SMILES string of the molecule is Cc1ncccc1NC(=O)c1ccnc(Cl)c1[N+](=O)[O-]. The van der Waals surface area contributed by atoms with Crippen LogP contribution in [0.4, 0.5) is 11.4 Å². The van der Waals surface area contributed by atoms with Gasteiger partial charge in [0.25, 0.3) is 5.91 Å². The van der Waals surface area contributed by atoms with Crippen molar-refractivity contribution < 1.29 is 9.72 Å². The minimum absolute atomic E-state index is 0.154. The highest BCUT2D eigenvalue weighted by atomic mass is 35.5. The lowest BCUT2D eigenvalue weighted by Gasteiger charge is -2.07. The number of pyridine rings is 2. The first-order chi connectivity index (χ1) is 9.50. The summed E-state index contributed by atoms with van der Waals surface area (Å²) in [5.41, 5.74) is 0.398. The van der Waals surface area contributed by atoms with Gasteiger partial charge in [0, 0.05) is 12.4 Å². The van der Waals surface area contributed by atoms with Crippen molar-refractivity contribution in [2.75, 3.05) is 5.32 Å². The first-order valence-electron chi connectivity index (χ1n) is 5.52. The predicted molar refractivity (Wildman–Crippen MR) is 72.8 cm³/mol. The molecule has 2 heterocycles. The molecule has 8 heteroatoms. The van der Waals surface area contributed by atoms with E-state index in [1.807, 2.05) is 0 Å². The summed E-state index contributed by atoms with van der Waals surface area (Å²) in [6.07, 6.45) is 2.82. The van der Waals surface area contributed by atoms with Crippen LogP contribution in [0.1, 0.15) is 16.1 Å². The van der Waals surface area contributed by atoms with Crippen molar-refractivity contribution in [2.24, 2.45) is 0 Å². The van der Waals surface area contributed by atoms with E-state index in [0.29, 0.717) is 11.4 Å². The van der Waals surface area contributed by atoms with E-state index in [4.69, 9.17) is 11.6 Å². The third-order valence-corrected chi connectivity index (χ3v) is 2.84. The summed E-state index contributed by atoms with van der Waals surface area (Å²) in [5.74, 6) is -0.642. The zero-order valence-corrected chi connectivity index (χ0v) is 11.1. The number of amides is 1. The summed E-state index contributed by atoms with van der Waals surface area (Å²) in [5, 5.41) is 13.2. The molecule has 1 N–H and O–H groups in total. The van der Waals surface area contributed by atoms with Gasteiger partial charge in [-0.15, -0.1) is 0 Å². The van der Waals surface area contributed by atoms with Gasteiger partial charge in [-0.3, -0.25) is 19.9 Å². The molecular weight excluding hydrogens is 284 g/mol. The number of nitrogens with one attached hydrogen (secondary N) is 1. The zero-order chi connectivity index (χ0) is 14.7. The monoisotopic (exact) mass is 292 g/mol. The average Bonchev–Trinajstić information content (AvgIpc) is 2.40. The highest BCUT2D eigenvalue weighted by Crippen LogP contribution is 2.26. The molecule has 0 spiro atoms. The fourth-order valence-electron chi connectivity index (χ4n) is 1.59. The fourth-order valence-corrected chi connectivity index (χ4v) is 1.82. The van der Waals surface area contributed by atoms with Gasteiger partial charge in [-0.25, -0.2) is 4.98 Å². The topological polar surface area (TPSA) is 98.0 Å². The maximum atomic E-state index is 12.1. The lowest BCUT2D eigenvalue weighted by atomic mass is 10.2. The maximum absolute atomic E-state index is 12.1. The maximum Gasteiger partial charge on any atom is 0.319 e. The molecule has 0 bridgehead atoms. The fraction of sp³-hybridized carbons (Fsp3) is 0.0833. The van der Waals surface area contributed by atoms with Gasteiger partial charge in [0.15, 0.2) is 0 Å². The Morgan fingerprint density at radius 3 is 2.75 bits per heavy atom. The van der Waals surface area contributed by atoms with Gasteiger partial charge < -0.3 is 5.32 Å². The highest BCUT2D eigenvalue weighted by molar-refractivity contribution is 6.32. The van der Waals surface area contributed by atoms with Crippen molar-refractivity contribution in [2.45, 2.75) is 6.92 Å². The normalized spacial score (nSPS) is 10.1. The van der Waals surface area contributed by atoms with E-state index < -0.39 is 16.5 Å². The Balaban J connectivity index is 2.38. The summed E-state index contributed by atoms with van der Waals surface area (Å²) in [6.45, 7) is 1.71. The number of nitro groups is 1. The first kappa shape index (κ1) is 13.9. The van der Waals surface area contributed by atoms with Crippen LogP contribution in [0.2, 0.25) is 5.15 Å². The largest absolute Gasteiger partial charge is 0.320 e. The van der Waals surface area contributed by atoms with Crippen LogP contribution in [0.5, 0.6) is 0 Å². The van der Waals surface area contributed by atoms with Gasteiger partial charge in [0.1, 0.15) is 5.56 Å². The number of carbonyl (C=O) groups excluding carboxylic acids is 1. The average molecular weight is 293 g/mol. The number of halogens is 1. The van der Waals surface area contributed by atoms with E-state index in [9.17, 15) is 14.9 Å². The lowest BCUT2D eigenvalue weighted by Crippen LogP contribution is -2.15. The Morgan fingerprint density at radius 2 is 2.10 bits per heavy atom. The molecule has 0 fully saturated rings. The molecule has 2 aromatic heterocycles. The molecule has 0 aliphatic carbocycles. The number of carbonyl (C=O) groups is 1. The number of nitrogens with zero attached hydrogens (tertiary/aromatic N) is 3. The van der Waals surface area contributed by atoms with Crippen molar-refractivity contribution in [3.05, 3.63) is 57.1 Å². The molecule has 2 aromatic rings. The predicted octanol–water partition coefficient (Wildman–Crippen LogP) is 2.60. The summed E-state index contributed by atoms with van der Waals surface area (Å²) in [7, 11) is 0. The number of aryl methyl sites for hydroxylation is 1. The molecule has 0 radical (unpaired) electrons. The zero-order valence-electron chi connectivity index (χ0n) is 10.3. The van der Waals surface area contributed by atoms with Gasteiger partial charge in [-0.2, -0.15) is 0 Å². The summed E-state index contributed by atoms with van der Waals surface area (Å²) in [4.78, 5) is 29.9. The van der Waals surface area contributed by atoms with E-state index in [0.717, 1.165) is 0 Å². The van der Waals surface area contributed by atoms with Crippen molar-refractivity contribution in [3.8, 4) is 0 Å². The van der Waals surface area contributed by atoms with Crippen LogP contribution in [-0.4, -0.2) is 20.8 Å². The van der Waals surface area contributed by atoms with Gasteiger partial charge in [0.05, 0.1) is 16.3 Å². The number of hydrogen-bond donors (Lipinski definition) is 1. The Labute approximate surface area is 118 Å². The third-order valence-electron chi connectivity index (χ3n) is 2.56. The minimum atomic E-state index is -0.736. The highest BCUT2D eigenvalue weighted by Gasteiger charge is 2.25. The van der Waals surface area contributed by atoms with Crippen LogP contribution in [0.3, 0.4) is 0 Å². The molecule has 20 heavy (non-hydrogen) atoms. The summed E-state index contributed by atoms with van der Waals surface area (Å²) >= 11 is 5.66. The Kier molecular flexibility index (Phi) is 3.90. The number of aromatic nitrogens is 2. The smallest absolute Gasteiger partial charge is 0.319 e. The first-order valence-corrected chi connectivity index (χ1v) is 5.90. The molecule has 102 valence electrons. The Morgan fingerprint density at radius 1 is 1.35 bits per heavy atom. The van der Waals surface area contributed by atoms with Crippen LogP contribution < -0.4 is 5.32 Å². The molecule has 0 aliphatic heterocycles. The molecule has 0 atom stereocenters. The third kappa shape index (κ3) is 2.72. The van der Waals surface area contributed by atoms with Gasteiger partial charge in [-0.05, 0) is 25.1 Å². The van der Waals surface area contributed by atoms with Crippen molar-refractivity contribution in [1.29, 1.82) is 0 Å². The summed E-state index contributed by atoms with van der Waals surface area (Å²) < 4.78 is 0. The van der Waals surface area contributed by atoms with Crippen LogP contribution in [0.25, 0.3) is 0 Å². The van der Waals surface area contributed by atoms with Crippen molar-refractivity contribution >= 4 is 28.9 Å². The second-order valence-electron chi connectivity index (χ2n) is 3.85. The molecule has 0 aromatic carbocycles. The van der Waals surface area contributed by atoms with Crippen LogP contribution >= 0.6 is 11.6 Å². The van der Waals surface area contributed by atoms with E-state index in [-0.39, 0.29) is 10.7 Å². The number of hydrogen-bond acceptors (Lipinski definition) is 5. The van der Waals surface area contributed by atoms with E-state index in [2.05, 4.69) is 15.3 Å². The molecular formula is C12H9ClN4O3. The number of anilines is 1. The van der Waals surface area contributed by atoms with Gasteiger partial charge in [0.2, 0.25) is 5.15 Å². The molecule has 0 saturated heterocycles. The molecule has 1 amide bonds. The summed E-state index contributed by atoms with van der Waals surface area (Å²) in [6, 6.07) is 4.54. The van der Waals surface area contributed by atoms with E-state index in [1.165, 1.54) is 12.3 Å². The molecule has 0 aliphatic rings. The molecule has 7 nitrogen and oxygen atoms in total. The van der Waals surface area contributed by atoms with E-state index in [1.54, 1.807) is 25.3 Å². The second-order valence-corrected chi connectivity index (χ2v) is 4.20. The Bertz CT molecular complexity index is 690. The van der Waals surface area contributed by atoms with Crippen molar-refractivity contribution in [1.82, 2.24) is 9.97 Å². The second kappa shape index (κ2) is 5.62. The standard InChI is InChI=1S/C12H9ClN4O3/c1-7-9(3-2-5-14-7)16-12(18)8-4-6-15-11(13)10(8)17(19)20/h2-6H,1H3,(H,16,18). The molecule has 0 unspecified atom stereocenters. The van der Waals surface area contributed by atoms with Gasteiger partial charge in [-0.1, -0.05) is 11.6 Å². The Hall–Kier alpha value is -2.54. The number of rotatable bonds is 3. The molecule has 0 saturated carbocycles. The van der Waals surface area contributed by atoms with Gasteiger partial charge >= 0.3 is 5.69 Å². The lowest BCUT2D eigenvalue weighted by molar-refractivity contribution is -0.385. The quantitative estimate of drug-likeness (QED) is 0.532. The van der Waals surface area contributed by atoms with Crippen molar-refractivity contribution in [3.63, 3.8) is 0 Å².